The zero-order chi connectivity index (χ0) is 18.8. The zero-order valence-corrected chi connectivity index (χ0v) is 20.2. The number of rotatable bonds is 14. The Bertz CT molecular complexity index is 287. The van der Waals surface area contributed by atoms with Gasteiger partial charge < -0.3 is 0 Å². The van der Waals surface area contributed by atoms with E-state index in [0.29, 0.717) is 0 Å². The molecule has 0 aliphatic carbocycles. The molecule has 0 bridgehead atoms. The van der Waals surface area contributed by atoms with Crippen LogP contribution in [0.25, 0.3) is 0 Å². The van der Waals surface area contributed by atoms with Gasteiger partial charge in [-0.1, -0.05) is 0 Å². The molecule has 0 saturated carbocycles. The normalized spacial score (nSPS) is 18.9. The van der Waals surface area contributed by atoms with Gasteiger partial charge in [-0.25, -0.2) is 0 Å². The molecule has 0 spiro atoms. The standard InChI is InChI=1S/C6H15OSi.3C4H9O.Ti/c1-4-8(7,5-2)6-3;3*1-3-4(2)5;/h4-6H2,1-3H3;3*4H,3H2,1-2H3;/q4*-1;+4. The Balaban J connectivity index is 5.73. The van der Waals surface area contributed by atoms with Gasteiger partial charge in [0.05, 0.1) is 0 Å². The molecule has 0 amide bonds. The molecule has 0 radical (unpaired) electrons. The molecule has 0 fully saturated rings. The SMILES string of the molecule is CCC(C)[O][Ti]([O]C(C)CC)([O]C(C)CC)[O][Si](CC)(CC)CC. The molecule has 0 N–H and O–H groups in total. The van der Waals surface area contributed by atoms with Crippen LogP contribution in [-0.4, -0.2) is 26.6 Å². The van der Waals surface area contributed by atoms with Gasteiger partial charge in [0, 0.05) is 0 Å². The second kappa shape index (κ2) is 12.2. The summed E-state index contributed by atoms with van der Waals surface area (Å²) in [5.74, 6) is 0. The monoisotopic (exact) mass is 398 g/mol. The molecular formula is C18H42O4SiTi. The Kier molecular flexibility index (Phi) is 12.6. The molecule has 4 nitrogen and oxygen atoms in total. The van der Waals surface area contributed by atoms with Crippen molar-refractivity contribution in [3.05, 3.63) is 0 Å². The van der Waals surface area contributed by atoms with Crippen LogP contribution in [0, 0.1) is 0 Å². The number of hydrogen-bond acceptors (Lipinski definition) is 4. The molecule has 6 heteroatoms. The minimum atomic E-state index is -3.82. The van der Waals surface area contributed by atoms with E-state index >= 15 is 0 Å². The fourth-order valence-corrected chi connectivity index (χ4v) is 13.5. The van der Waals surface area contributed by atoms with Crippen LogP contribution in [0.2, 0.25) is 18.1 Å². The van der Waals surface area contributed by atoms with Gasteiger partial charge in [-0.05, 0) is 0 Å². The van der Waals surface area contributed by atoms with Gasteiger partial charge in [-0.15, -0.1) is 0 Å². The average Bonchev–Trinajstić information content (AvgIpc) is 2.59. The molecule has 0 rings (SSSR count). The Labute approximate surface area is 157 Å². The Hall–Kier alpha value is 0.771. The van der Waals surface area contributed by atoms with Gasteiger partial charge in [-0.3, -0.25) is 0 Å². The Morgan fingerprint density at radius 2 is 0.917 bits per heavy atom. The van der Waals surface area contributed by atoms with E-state index in [1.54, 1.807) is 0 Å². The van der Waals surface area contributed by atoms with Crippen LogP contribution < -0.4 is 0 Å². The maximum absolute atomic E-state index is 6.85. The van der Waals surface area contributed by atoms with E-state index in [1.165, 1.54) is 0 Å². The molecule has 146 valence electrons. The van der Waals surface area contributed by atoms with E-state index in [0.717, 1.165) is 37.4 Å². The topological polar surface area (TPSA) is 36.9 Å². The summed E-state index contributed by atoms with van der Waals surface area (Å²) >= 11 is -3.82. The van der Waals surface area contributed by atoms with Crippen molar-refractivity contribution in [2.24, 2.45) is 0 Å². The molecule has 0 heterocycles. The van der Waals surface area contributed by atoms with Crippen molar-refractivity contribution in [3.8, 4) is 0 Å². The fourth-order valence-electron chi connectivity index (χ4n) is 2.38. The molecular weight excluding hydrogens is 356 g/mol. The molecule has 0 aliphatic heterocycles. The third-order valence-electron chi connectivity index (χ3n) is 5.04. The van der Waals surface area contributed by atoms with E-state index in [4.69, 9.17) is 13.0 Å². The van der Waals surface area contributed by atoms with E-state index in [-0.39, 0.29) is 18.3 Å². The number of hydrogen-bond donors (Lipinski definition) is 0. The van der Waals surface area contributed by atoms with Crippen LogP contribution in [0.15, 0.2) is 0 Å². The van der Waals surface area contributed by atoms with Crippen molar-refractivity contribution in [2.45, 2.75) is 118 Å². The molecule has 0 aromatic carbocycles. The van der Waals surface area contributed by atoms with Crippen molar-refractivity contribution >= 4 is 8.32 Å². The molecule has 3 atom stereocenters. The Morgan fingerprint density at radius 3 is 1.12 bits per heavy atom. The Morgan fingerprint density at radius 1 is 0.625 bits per heavy atom. The second-order valence-electron chi connectivity index (χ2n) is 6.86. The third kappa shape index (κ3) is 7.98. The molecule has 0 saturated heterocycles. The summed E-state index contributed by atoms with van der Waals surface area (Å²) in [6.07, 6.45) is 3.08. The van der Waals surface area contributed by atoms with E-state index in [9.17, 15) is 0 Å². The van der Waals surface area contributed by atoms with E-state index < -0.39 is 26.5 Å². The van der Waals surface area contributed by atoms with Gasteiger partial charge in [0.15, 0.2) is 0 Å². The minimum absolute atomic E-state index is 0.0929. The molecule has 3 unspecified atom stereocenters. The predicted molar refractivity (Wildman–Crippen MR) is 101 cm³/mol. The summed E-state index contributed by atoms with van der Waals surface area (Å²) in [6, 6.07) is 3.22. The first-order valence-electron chi connectivity index (χ1n) is 9.99. The maximum atomic E-state index is 6.85. The summed E-state index contributed by atoms with van der Waals surface area (Å²) in [6.45, 7) is 19.4. The van der Waals surface area contributed by atoms with Crippen LogP contribution in [0.5, 0.6) is 0 Å². The van der Waals surface area contributed by atoms with Crippen molar-refractivity contribution in [3.63, 3.8) is 0 Å². The third-order valence-corrected chi connectivity index (χ3v) is 16.0. The van der Waals surface area contributed by atoms with Gasteiger partial charge in [0.1, 0.15) is 0 Å². The molecule has 0 aromatic heterocycles. The summed E-state index contributed by atoms with van der Waals surface area (Å²) in [5.41, 5.74) is 0. The van der Waals surface area contributed by atoms with Gasteiger partial charge in [0.25, 0.3) is 0 Å². The zero-order valence-electron chi connectivity index (χ0n) is 17.6. The first kappa shape index (κ1) is 24.8. The van der Waals surface area contributed by atoms with Crippen molar-refractivity contribution in [1.29, 1.82) is 0 Å². The molecule has 0 aliphatic rings. The first-order valence-corrected chi connectivity index (χ1v) is 15.1. The molecule has 0 aromatic rings. The van der Waals surface area contributed by atoms with Gasteiger partial charge in [0.2, 0.25) is 0 Å². The molecule has 24 heavy (non-hydrogen) atoms. The van der Waals surface area contributed by atoms with Crippen LogP contribution in [0.4, 0.5) is 0 Å². The van der Waals surface area contributed by atoms with Crippen LogP contribution in [0.3, 0.4) is 0 Å². The van der Waals surface area contributed by atoms with Crippen LogP contribution in [-0.2, 0) is 31.1 Å². The van der Waals surface area contributed by atoms with Crippen molar-refractivity contribution in [1.82, 2.24) is 0 Å². The quantitative estimate of drug-likeness (QED) is 0.323. The fraction of sp³-hybridized carbons (Fsp3) is 1.00. The predicted octanol–water partition coefficient (Wildman–Crippen LogP) is 6.27. The first-order chi connectivity index (χ1) is 11.3. The van der Waals surface area contributed by atoms with E-state index in [1.807, 2.05) is 0 Å². The summed E-state index contributed by atoms with van der Waals surface area (Å²) in [7, 11) is -1.88. The summed E-state index contributed by atoms with van der Waals surface area (Å²) < 4.78 is 26.2. The van der Waals surface area contributed by atoms with Crippen LogP contribution >= 0.6 is 0 Å². The second-order valence-corrected chi connectivity index (χ2v) is 15.2. The van der Waals surface area contributed by atoms with Crippen molar-refractivity contribution in [2.75, 3.05) is 0 Å². The van der Waals surface area contributed by atoms with E-state index in [2.05, 4.69) is 62.3 Å². The van der Waals surface area contributed by atoms with Crippen molar-refractivity contribution < 1.29 is 31.1 Å². The summed E-state index contributed by atoms with van der Waals surface area (Å²) in [4.78, 5) is 0. The average molecular weight is 398 g/mol. The summed E-state index contributed by atoms with van der Waals surface area (Å²) in [5, 5.41) is 0. The van der Waals surface area contributed by atoms with Gasteiger partial charge in [-0.2, -0.15) is 0 Å². The van der Waals surface area contributed by atoms with Crippen LogP contribution in [0.1, 0.15) is 81.6 Å². The van der Waals surface area contributed by atoms with Gasteiger partial charge >= 0.3 is 157 Å².